The first kappa shape index (κ1) is 10.8. The quantitative estimate of drug-likeness (QED) is 0.735. The Hall–Kier alpha value is -1.74. The van der Waals surface area contributed by atoms with Gasteiger partial charge >= 0.3 is 0 Å². The third kappa shape index (κ3) is 2.64. The van der Waals surface area contributed by atoms with E-state index >= 15 is 0 Å². The Morgan fingerprint density at radius 3 is 2.88 bits per heavy atom. The van der Waals surface area contributed by atoms with E-state index in [1.807, 2.05) is 30.5 Å². The molecule has 0 spiro atoms. The van der Waals surface area contributed by atoms with E-state index in [0.717, 1.165) is 17.8 Å². The number of hydrogen-bond acceptors (Lipinski definition) is 2. The van der Waals surface area contributed by atoms with Crippen LogP contribution in [0.15, 0.2) is 42.6 Å². The molecule has 3 heteroatoms. The molecule has 2 rings (SSSR count). The van der Waals surface area contributed by atoms with Crippen LogP contribution in [0.2, 0.25) is 0 Å². The lowest BCUT2D eigenvalue weighted by Crippen LogP contribution is -2.18. The zero-order chi connectivity index (χ0) is 11.4. The molecule has 1 aromatic carbocycles. The van der Waals surface area contributed by atoms with Crippen LogP contribution in [0.4, 0.5) is 0 Å². The molecule has 3 N–H and O–H groups in total. The van der Waals surface area contributed by atoms with Gasteiger partial charge in [0.25, 0.3) is 0 Å². The van der Waals surface area contributed by atoms with Crippen molar-refractivity contribution in [1.82, 2.24) is 10.3 Å². The van der Waals surface area contributed by atoms with Gasteiger partial charge in [0.2, 0.25) is 0 Å². The van der Waals surface area contributed by atoms with E-state index in [0.29, 0.717) is 5.75 Å². The maximum Gasteiger partial charge on any atom is 0.115 e. The maximum absolute atomic E-state index is 9.38. The number of phenols is 1. The van der Waals surface area contributed by atoms with Crippen LogP contribution < -0.4 is 5.32 Å². The molecule has 1 heterocycles. The number of rotatable bonds is 4. The molecule has 0 saturated heterocycles. The highest BCUT2D eigenvalue weighted by Gasteiger charge is 2.05. The standard InChI is InChI=1S/C13H16N2O/c1-10(11-4-2-6-13(16)8-11)15-9-12-5-3-7-14-12/h2-8,10,14-16H,9H2,1H3. The molecule has 0 aliphatic carbocycles. The van der Waals surface area contributed by atoms with Crippen LogP contribution in [0.5, 0.6) is 5.75 Å². The van der Waals surface area contributed by atoms with E-state index in [-0.39, 0.29) is 6.04 Å². The summed E-state index contributed by atoms with van der Waals surface area (Å²) in [7, 11) is 0. The van der Waals surface area contributed by atoms with Gasteiger partial charge in [0.05, 0.1) is 0 Å². The van der Waals surface area contributed by atoms with Gasteiger partial charge in [0.1, 0.15) is 5.75 Å². The molecule has 2 aromatic rings. The van der Waals surface area contributed by atoms with Crippen LogP contribution >= 0.6 is 0 Å². The van der Waals surface area contributed by atoms with Crippen molar-refractivity contribution in [1.29, 1.82) is 0 Å². The Morgan fingerprint density at radius 1 is 1.31 bits per heavy atom. The number of hydrogen-bond donors (Lipinski definition) is 3. The van der Waals surface area contributed by atoms with Gasteiger partial charge < -0.3 is 15.4 Å². The molecule has 1 aromatic heterocycles. The number of benzene rings is 1. The second kappa shape index (κ2) is 4.86. The minimum atomic E-state index is 0.218. The predicted molar refractivity (Wildman–Crippen MR) is 64.2 cm³/mol. The number of H-pyrrole nitrogens is 1. The summed E-state index contributed by atoms with van der Waals surface area (Å²) in [5, 5.41) is 12.8. The van der Waals surface area contributed by atoms with Crippen LogP contribution in [0.3, 0.4) is 0 Å². The van der Waals surface area contributed by atoms with Crippen molar-refractivity contribution < 1.29 is 5.11 Å². The van der Waals surface area contributed by atoms with E-state index < -0.39 is 0 Å². The van der Waals surface area contributed by atoms with Crippen molar-refractivity contribution >= 4 is 0 Å². The molecule has 0 aliphatic heterocycles. The average molecular weight is 216 g/mol. The van der Waals surface area contributed by atoms with Crippen molar-refractivity contribution in [2.24, 2.45) is 0 Å². The van der Waals surface area contributed by atoms with Crippen LogP contribution in [0.1, 0.15) is 24.2 Å². The van der Waals surface area contributed by atoms with E-state index in [9.17, 15) is 5.11 Å². The molecular formula is C13H16N2O. The molecule has 0 aliphatic rings. The van der Waals surface area contributed by atoms with Crippen molar-refractivity contribution in [2.45, 2.75) is 19.5 Å². The van der Waals surface area contributed by atoms with Gasteiger partial charge in [-0.15, -0.1) is 0 Å². The predicted octanol–water partition coefficient (Wildman–Crippen LogP) is 2.57. The Morgan fingerprint density at radius 2 is 2.19 bits per heavy atom. The summed E-state index contributed by atoms with van der Waals surface area (Å²) in [6.45, 7) is 2.88. The Balaban J connectivity index is 1.95. The Kier molecular flexibility index (Phi) is 3.27. The van der Waals surface area contributed by atoms with E-state index in [2.05, 4.69) is 17.2 Å². The molecule has 0 amide bonds. The van der Waals surface area contributed by atoms with Gasteiger partial charge in [0, 0.05) is 24.5 Å². The van der Waals surface area contributed by atoms with Crippen LogP contribution in [-0.4, -0.2) is 10.1 Å². The minimum absolute atomic E-state index is 0.218. The summed E-state index contributed by atoms with van der Waals surface area (Å²) >= 11 is 0. The summed E-state index contributed by atoms with van der Waals surface area (Å²) in [5.74, 6) is 0.311. The minimum Gasteiger partial charge on any atom is -0.508 e. The van der Waals surface area contributed by atoms with Gasteiger partial charge in [-0.25, -0.2) is 0 Å². The number of aromatic hydroxyl groups is 1. The smallest absolute Gasteiger partial charge is 0.115 e. The monoisotopic (exact) mass is 216 g/mol. The zero-order valence-electron chi connectivity index (χ0n) is 9.27. The third-order valence-corrected chi connectivity index (χ3v) is 2.63. The van der Waals surface area contributed by atoms with E-state index in [1.54, 1.807) is 12.1 Å². The van der Waals surface area contributed by atoms with Crippen molar-refractivity contribution in [2.75, 3.05) is 0 Å². The number of aromatic nitrogens is 1. The van der Waals surface area contributed by atoms with Gasteiger partial charge in [-0.2, -0.15) is 0 Å². The highest BCUT2D eigenvalue weighted by molar-refractivity contribution is 5.29. The zero-order valence-corrected chi connectivity index (χ0v) is 9.27. The SMILES string of the molecule is CC(NCc1ccc[nH]1)c1cccc(O)c1. The molecule has 0 fully saturated rings. The van der Waals surface area contributed by atoms with E-state index in [1.165, 1.54) is 0 Å². The largest absolute Gasteiger partial charge is 0.508 e. The fraction of sp³-hybridized carbons (Fsp3) is 0.231. The summed E-state index contributed by atoms with van der Waals surface area (Å²) < 4.78 is 0. The summed E-state index contributed by atoms with van der Waals surface area (Å²) in [6.07, 6.45) is 1.91. The fourth-order valence-electron chi connectivity index (χ4n) is 1.65. The van der Waals surface area contributed by atoms with Gasteiger partial charge in [0.15, 0.2) is 0 Å². The third-order valence-electron chi connectivity index (χ3n) is 2.63. The first-order chi connectivity index (χ1) is 7.75. The first-order valence-electron chi connectivity index (χ1n) is 5.40. The van der Waals surface area contributed by atoms with Gasteiger partial charge in [-0.05, 0) is 36.8 Å². The number of nitrogens with one attached hydrogen (secondary N) is 2. The number of aromatic amines is 1. The average Bonchev–Trinajstić information content (AvgIpc) is 2.78. The van der Waals surface area contributed by atoms with Crippen molar-refractivity contribution in [3.05, 3.63) is 53.9 Å². The Labute approximate surface area is 95.1 Å². The summed E-state index contributed by atoms with van der Waals surface area (Å²) in [5.41, 5.74) is 2.25. The highest BCUT2D eigenvalue weighted by Crippen LogP contribution is 2.17. The summed E-state index contributed by atoms with van der Waals surface area (Å²) in [4.78, 5) is 3.14. The lowest BCUT2D eigenvalue weighted by atomic mass is 10.1. The van der Waals surface area contributed by atoms with Gasteiger partial charge in [-0.3, -0.25) is 0 Å². The van der Waals surface area contributed by atoms with Gasteiger partial charge in [-0.1, -0.05) is 12.1 Å². The van der Waals surface area contributed by atoms with Crippen LogP contribution in [0.25, 0.3) is 0 Å². The normalized spacial score (nSPS) is 12.6. The maximum atomic E-state index is 9.38. The topological polar surface area (TPSA) is 48.0 Å². The van der Waals surface area contributed by atoms with E-state index in [4.69, 9.17) is 0 Å². The molecule has 3 nitrogen and oxygen atoms in total. The van der Waals surface area contributed by atoms with Crippen molar-refractivity contribution in [3.8, 4) is 5.75 Å². The Bertz CT molecular complexity index is 437. The molecule has 1 atom stereocenters. The lowest BCUT2D eigenvalue weighted by Gasteiger charge is -2.13. The fourth-order valence-corrected chi connectivity index (χ4v) is 1.65. The molecule has 84 valence electrons. The second-order valence-electron chi connectivity index (χ2n) is 3.89. The molecule has 1 unspecified atom stereocenters. The number of phenolic OH excluding ortho intramolecular Hbond substituents is 1. The summed E-state index contributed by atoms with van der Waals surface area (Å²) in [6, 6.07) is 11.6. The second-order valence-corrected chi connectivity index (χ2v) is 3.89. The molecule has 0 bridgehead atoms. The van der Waals surface area contributed by atoms with Crippen LogP contribution in [-0.2, 0) is 6.54 Å². The molecule has 0 radical (unpaired) electrons. The molecule has 0 saturated carbocycles. The first-order valence-corrected chi connectivity index (χ1v) is 5.40. The molecule has 16 heavy (non-hydrogen) atoms. The molecular weight excluding hydrogens is 200 g/mol. The van der Waals surface area contributed by atoms with Crippen LogP contribution in [0, 0.1) is 0 Å². The highest BCUT2D eigenvalue weighted by atomic mass is 16.3. The van der Waals surface area contributed by atoms with Crippen molar-refractivity contribution in [3.63, 3.8) is 0 Å². The lowest BCUT2D eigenvalue weighted by molar-refractivity contribution is 0.472.